The highest BCUT2D eigenvalue weighted by molar-refractivity contribution is 6.23. The van der Waals surface area contributed by atoms with Gasteiger partial charge in [-0.15, -0.1) is 0 Å². The van der Waals surface area contributed by atoms with Crippen molar-refractivity contribution in [2.75, 3.05) is 0 Å². The van der Waals surface area contributed by atoms with Gasteiger partial charge in [0.2, 0.25) is 0 Å². The number of aliphatic imine (C=N–C) groups is 1. The van der Waals surface area contributed by atoms with Crippen molar-refractivity contribution in [1.82, 2.24) is 14.5 Å². The lowest BCUT2D eigenvalue weighted by atomic mass is 9.96. The minimum absolute atomic E-state index is 0.0752. The van der Waals surface area contributed by atoms with E-state index < -0.39 is 0 Å². The van der Waals surface area contributed by atoms with Gasteiger partial charge in [0.05, 0.1) is 30.4 Å². The van der Waals surface area contributed by atoms with Gasteiger partial charge in [-0.2, -0.15) is 5.26 Å². The highest BCUT2D eigenvalue weighted by Gasteiger charge is 2.26. The van der Waals surface area contributed by atoms with Crippen LogP contribution in [-0.2, 0) is 11.8 Å². The molecule has 0 aliphatic carbocycles. The standard InChI is InChI=1S/C15H11N5O/c1-20-9-18-8-13(20)15-11(6-16)14(21)5-12(19-15)10-3-2-4-17-7-10/h2-4,7-9H,5H2,1H3. The molecular weight excluding hydrogens is 266 g/mol. The molecular formula is C15H11N5O. The highest BCUT2D eigenvalue weighted by Crippen LogP contribution is 2.27. The summed E-state index contributed by atoms with van der Waals surface area (Å²) < 4.78 is 1.73. The summed E-state index contributed by atoms with van der Waals surface area (Å²) in [4.78, 5) is 24.8. The molecule has 0 fully saturated rings. The first-order valence-corrected chi connectivity index (χ1v) is 6.33. The molecule has 2 aromatic rings. The number of carbonyl (C=O) groups is 1. The van der Waals surface area contributed by atoms with Crippen LogP contribution in [-0.4, -0.2) is 26.0 Å². The first-order valence-electron chi connectivity index (χ1n) is 6.33. The molecule has 1 aliphatic rings. The first kappa shape index (κ1) is 12.9. The van der Waals surface area contributed by atoms with Crippen LogP contribution < -0.4 is 0 Å². The van der Waals surface area contributed by atoms with Crippen molar-refractivity contribution in [2.24, 2.45) is 12.0 Å². The van der Waals surface area contributed by atoms with Crippen LogP contribution in [0.2, 0.25) is 0 Å². The van der Waals surface area contributed by atoms with Crippen LogP contribution in [0.25, 0.3) is 5.70 Å². The third kappa shape index (κ3) is 2.25. The smallest absolute Gasteiger partial charge is 0.181 e. The molecule has 0 aromatic carbocycles. The minimum Gasteiger partial charge on any atom is -0.332 e. The molecule has 3 rings (SSSR count). The van der Waals surface area contributed by atoms with Crippen molar-refractivity contribution in [3.8, 4) is 6.07 Å². The zero-order chi connectivity index (χ0) is 14.8. The van der Waals surface area contributed by atoms with E-state index >= 15 is 0 Å². The van der Waals surface area contributed by atoms with E-state index in [0.717, 1.165) is 5.56 Å². The van der Waals surface area contributed by atoms with E-state index in [1.807, 2.05) is 12.1 Å². The Kier molecular flexibility index (Phi) is 3.16. The second kappa shape index (κ2) is 5.13. The lowest BCUT2D eigenvalue weighted by molar-refractivity contribution is -0.114. The third-order valence-corrected chi connectivity index (χ3v) is 3.26. The van der Waals surface area contributed by atoms with Crippen LogP contribution in [0.1, 0.15) is 17.7 Å². The molecule has 6 nitrogen and oxygen atoms in total. The van der Waals surface area contributed by atoms with Crippen LogP contribution in [0.15, 0.2) is 47.6 Å². The molecule has 6 heteroatoms. The Morgan fingerprint density at radius 1 is 1.33 bits per heavy atom. The second-order valence-electron chi connectivity index (χ2n) is 4.63. The Bertz CT molecular complexity index is 808. The van der Waals surface area contributed by atoms with Gasteiger partial charge in [0.1, 0.15) is 17.3 Å². The Morgan fingerprint density at radius 2 is 2.19 bits per heavy atom. The van der Waals surface area contributed by atoms with Crippen LogP contribution in [0.4, 0.5) is 0 Å². The number of aromatic nitrogens is 3. The maximum atomic E-state index is 12.2. The normalized spacial score (nSPS) is 14.9. The Hall–Kier alpha value is -3.07. The number of Topliss-reactive ketones (excluding diaryl/α,β-unsaturated/α-hetero) is 1. The predicted octanol–water partition coefficient (Wildman–Crippen LogP) is 1.51. The number of allylic oxidation sites excluding steroid dienone is 1. The molecule has 21 heavy (non-hydrogen) atoms. The van der Waals surface area contributed by atoms with Crippen molar-refractivity contribution >= 4 is 17.2 Å². The van der Waals surface area contributed by atoms with Gasteiger partial charge in [0.15, 0.2) is 5.78 Å². The molecule has 0 N–H and O–H groups in total. The molecule has 2 aromatic heterocycles. The summed E-state index contributed by atoms with van der Waals surface area (Å²) in [5.41, 5.74) is 2.48. The van der Waals surface area contributed by atoms with Gasteiger partial charge in [0.25, 0.3) is 0 Å². The topological polar surface area (TPSA) is 83.9 Å². The van der Waals surface area contributed by atoms with E-state index in [9.17, 15) is 10.1 Å². The third-order valence-electron chi connectivity index (χ3n) is 3.26. The monoisotopic (exact) mass is 277 g/mol. The van der Waals surface area contributed by atoms with E-state index in [1.165, 1.54) is 0 Å². The molecule has 0 unspecified atom stereocenters. The number of nitrogens with zero attached hydrogens (tertiary/aromatic N) is 5. The fourth-order valence-corrected chi connectivity index (χ4v) is 2.19. The largest absolute Gasteiger partial charge is 0.332 e. The number of rotatable bonds is 2. The SMILES string of the molecule is Cn1cncc1C1=C(C#N)C(=O)CC(c2cccnc2)=N1. The summed E-state index contributed by atoms with van der Waals surface area (Å²) in [5.74, 6) is -0.234. The average Bonchev–Trinajstić information content (AvgIpc) is 2.93. The van der Waals surface area contributed by atoms with Crippen molar-refractivity contribution in [3.63, 3.8) is 0 Å². The van der Waals surface area contributed by atoms with Crippen molar-refractivity contribution in [3.05, 3.63) is 53.9 Å². The van der Waals surface area contributed by atoms with E-state index in [4.69, 9.17) is 0 Å². The van der Waals surface area contributed by atoms with E-state index in [2.05, 4.69) is 15.0 Å². The molecule has 1 aliphatic heterocycles. The zero-order valence-electron chi connectivity index (χ0n) is 11.3. The Morgan fingerprint density at radius 3 is 2.81 bits per heavy atom. The Labute approximate surface area is 121 Å². The second-order valence-corrected chi connectivity index (χ2v) is 4.63. The molecule has 0 amide bonds. The summed E-state index contributed by atoms with van der Waals surface area (Å²) >= 11 is 0. The minimum atomic E-state index is -0.234. The highest BCUT2D eigenvalue weighted by atomic mass is 16.1. The van der Waals surface area contributed by atoms with Gasteiger partial charge in [0, 0.05) is 25.0 Å². The number of hydrogen-bond donors (Lipinski definition) is 0. The quantitative estimate of drug-likeness (QED) is 0.833. The molecule has 102 valence electrons. The van der Waals surface area contributed by atoms with Crippen LogP contribution in [0.3, 0.4) is 0 Å². The van der Waals surface area contributed by atoms with Crippen molar-refractivity contribution in [2.45, 2.75) is 6.42 Å². The first-order chi connectivity index (χ1) is 10.2. The zero-order valence-corrected chi connectivity index (χ0v) is 11.3. The lowest BCUT2D eigenvalue weighted by Crippen LogP contribution is -2.18. The molecule has 0 spiro atoms. The van der Waals surface area contributed by atoms with Gasteiger partial charge in [-0.3, -0.25) is 9.78 Å². The van der Waals surface area contributed by atoms with Gasteiger partial charge in [-0.25, -0.2) is 9.98 Å². The molecule has 3 heterocycles. The Balaban J connectivity index is 2.18. The number of aryl methyl sites for hydroxylation is 1. The van der Waals surface area contributed by atoms with Gasteiger partial charge >= 0.3 is 0 Å². The molecule has 0 saturated carbocycles. The maximum Gasteiger partial charge on any atom is 0.181 e. The summed E-state index contributed by atoms with van der Waals surface area (Å²) in [6, 6.07) is 5.59. The lowest BCUT2D eigenvalue weighted by Gasteiger charge is -2.15. The number of imidazole rings is 1. The summed E-state index contributed by atoms with van der Waals surface area (Å²) in [7, 11) is 1.79. The molecule has 0 bridgehead atoms. The predicted molar refractivity (Wildman–Crippen MR) is 76.1 cm³/mol. The van der Waals surface area contributed by atoms with Gasteiger partial charge in [-0.05, 0) is 6.07 Å². The van der Waals surface area contributed by atoms with Crippen LogP contribution in [0, 0.1) is 11.3 Å². The summed E-state index contributed by atoms with van der Waals surface area (Å²) in [5, 5.41) is 9.24. The van der Waals surface area contributed by atoms with Crippen LogP contribution >= 0.6 is 0 Å². The fraction of sp³-hybridized carbons (Fsp3) is 0.133. The molecule has 0 saturated heterocycles. The van der Waals surface area contributed by atoms with Crippen LogP contribution in [0.5, 0.6) is 0 Å². The number of ketones is 1. The fourth-order valence-electron chi connectivity index (χ4n) is 2.19. The van der Waals surface area contributed by atoms with Gasteiger partial charge < -0.3 is 4.57 Å². The van der Waals surface area contributed by atoms with E-state index in [0.29, 0.717) is 17.1 Å². The van der Waals surface area contributed by atoms with E-state index in [1.54, 1.807) is 42.6 Å². The molecule has 0 atom stereocenters. The average molecular weight is 277 g/mol. The van der Waals surface area contributed by atoms with Gasteiger partial charge in [-0.1, -0.05) is 6.07 Å². The van der Waals surface area contributed by atoms with Crippen molar-refractivity contribution < 1.29 is 4.79 Å². The summed E-state index contributed by atoms with van der Waals surface area (Å²) in [6.07, 6.45) is 6.62. The van der Waals surface area contributed by atoms with Crippen molar-refractivity contribution in [1.29, 1.82) is 5.26 Å². The number of pyridine rings is 1. The molecule has 0 radical (unpaired) electrons. The summed E-state index contributed by atoms with van der Waals surface area (Å²) in [6.45, 7) is 0. The number of carbonyl (C=O) groups excluding carboxylic acids is 1. The number of nitriles is 1. The van der Waals surface area contributed by atoms with E-state index in [-0.39, 0.29) is 17.8 Å². The number of hydrogen-bond acceptors (Lipinski definition) is 5. The maximum absolute atomic E-state index is 12.2.